The van der Waals surface area contributed by atoms with Crippen LogP contribution in [-0.4, -0.2) is 0 Å². The largest absolute Gasteiger partial charge is 0.135 e. The van der Waals surface area contributed by atoms with Crippen molar-refractivity contribution in [1.29, 1.82) is 0 Å². The minimum Gasteiger partial charge on any atom is -0.135 e. The van der Waals surface area contributed by atoms with Crippen molar-refractivity contribution in [2.75, 3.05) is 0 Å². The van der Waals surface area contributed by atoms with E-state index in [9.17, 15) is 0 Å². The molecule has 2 heterocycles. The van der Waals surface area contributed by atoms with Crippen molar-refractivity contribution in [1.82, 2.24) is 0 Å². The smallest absolute Gasteiger partial charge is 0.0493 e. The topological polar surface area (TPSA) is 0 Å². The number of rotatable bonds is 32. The molecule has 266 valence electrons. The van der Waals surface area contributed by atoms with Crippen molar-refractivity contribution in [3.05, 3.63) is 46.2 Å². The number of unbranched alkanes of at least 4 members (excludes halogenated alkanes) is 26. The lowest BCUT2D eigenvalue weighted by molar-refractivity contribution is 0.397. The summed E-state index contributed by atoms with van der Waals surface area (Å²) in [7, 11) is 0. The van der Waals surface area contributed by atoms with Gasteiger partial charge >= 0.3 is 0 Å². The molecule has 0 bridgehead atoms. The Hall–Kier alpha value is -1.12. The van der Waals surface area contributed by atoms with Crippen LogP contribution in [0.1, 0.15) is 227 Å². The van der Waals surface area contributed by atoms with Crippen LogP contribution in [0.4, 0.5) is 0 Å². The van der Waals surface area contributed by atoms with Crippen LogP contribution in [0.3, 0.4) is 0 Å². The molecule has 47 heavy (non-hydrogen) atoms. The van der Waals surface area contributed by atoms with E-state index in [2.05, 4.69) is 51.3 Å². The normalized spacial score (nSPS) is 13.2. The van der Waals surface area contributed by atoms with E-state index >= 15 is 0 Å². The van der Waals surface area contributed by atoms with Crippen LogP contribution in [0, 0.1) is 0 Å². The Balaban J connectivity index is 1.41. The zero-order valence-electron chi connectivity index (χ0n) is 31.3. The van der Waals surface area contributed by atoms with E-state index in [0.717, 1.165) is 0 Å². The number of thiophene rings is 2. The molecule has 3 rings (SSSR count). The van der Waals surface area contributed by atoms with Gasteiger partial charge in [-0.2, -0.15) is 0 Å². The summed E-state index contributed by atoms with van der Waals surface area (Å²) in [6.07, 6.45) is 46.8. The van der Waals surface area contributed by atoms with E-state index < -0.39 is 0 Å². The van der Waals surface area contributed by atoms with E-state index in [1.54, 1.807) is 20.9 Å². The third-order valence-electron chi connectivity index (χ3n) is 11.1. The first-order valence-electron chi connectivity index (χ1n) is 20.7. The van der Waals surface area contributed by atoms with Gasteiger partial charge in [0.05, 0.1) is 0 Å². The third-order valence-corrected chi connectivity index (χ3v) is 13.5. The van der Waals surface area contributed by atoms with Gasteiger partial charge in [-0.15, -0.1) is 22.7 Å². The van der Waals surface area contributed by atoms with Gasteiger partial charge in [0, 0.05) is 24.9 Å². The summed E-state index contributed by atoms with van der Waals surface area (Å²) >= 11 is 3.95. The van der Waals surface area contributed by atoms with E-state index in [1.807, 2.05) is 22.7 Å². The molecular weight excluding hydrogens is 605 g/mol. The Bertz CT molecular complexity index is 997. The fourth-order valence-electron chi connectivity index (χ4n) is 8.12. The summed E-state index contributed by atoms with van der Waals surface area (Å²) in [6.45, 7) is 12.9. The van der Waals surface area contributed by atoms with Gasteiger partial charge in [0.1, 0.15) is 0 Å². The molecular formula is C45H74S2. The monoisotopic (exact) mass is 679 g/mol. The lowest BCUT2D eigenvalue weighted by Crippen LogP contribution is -2.25. The number of hydrogen-bond acceptors (Lipinski definition) is 2. The minimum atomic E-state index is 0.203. The second kappa shape index (κ2) is 24.9. The molecule has 1 aliphatic rings. The molecule has 2 heteroatoms. The van der Waals surface area contributed by atoms with Gasteiger partial charge in [0.15, 0.2) is 0 Å². The maximum Gasteiger partial charge on any atom is 0.0493 e. The molecule has 0 unspecified atom stereocenters. The molecule has 0 aromatic carbocycles. The Kier molecular flexibility index (Phi) is 21.4. The van der Waals surface area contributed by atoms with Crippen LogP contribution in [0.25, 0.3) is 21.9 Å². The molecule has 0 spiro atoms. The van der Waals surface area contributed by atoms with Crippen LogP contribution in [0.2, 0.25) is 0 Å². The average Bonchev–Trinajstić information content (AvgIpc) is 3.77. The molecule has 0 fully saturated rings. The van der Waals surface area contributed by atoms with Crippen LogP contribution in [-0.2, 0) is 5.41 Å². The SMILES string of the molecule is C=Cc1cc2c(s1)-c1sc(C=C)cc1C2(CCCCCCCCCCCCCCCC)CCCCCCCCCCCCCCCC. The van der Waals surface area contributed by atoms with Crippen molar-refractivity contribution in [3.8, 4) is 9.75 Å². The van der Waals surface area contributed by atoms with Crippen molar-refractivity contribution >= 4 is 34.8 Å². The summed E-state index contributed by atoms with van der Waals surface area (Å²) in [5, 5.41) is 0. The quantitative estimate of drug-likeness (QED) is 0.0676. The lowest BCUT2D eigenvalue weighted by Gasteiger charge is -2.31. The highest BCUT2D eigenvalue weighted by Gasteiger charge is 2.44. The Morgan fingerprint density at radius 1 is 0.426 bits per heavy atom. The molecule has 2 aromatic heterocycles. The van der Waals surface area contributed by atoms with Gasteiger partial charge in [-0.1, -0.05) is 219 Å². The van der Waals surface area contributed by atoms with E-state index in [0.29, 0.717) is 0 Å². The number of fused-ring (bicyclic) bond motifs is 3. The van der Waals surface area contributed by atoms with Gasteiger partial charge in [-0.25, -0.2) is 0 Å². The molecule has 0 saturated heterocycles. The molecule has 0 nitrogen and oxygen atoms in total. The first-order chi connectivity index (χ1) is 23.2. The summed E-state index contributed by atoms with van der Waals surface area (Å²) in [5.74, 6) is 0. The molecule has 0 atom stereocenters. The zero-order valence-corrected chi connectivity index (χ0v) is 32.9. The molecule has 1 aliphatic carbocycles. The standard InChI is InChI=1S/C45H74S2/c1-5-9-11-13-15-17-19-21-23-25-27-29-31-33-35-45(36-34-32-30-28-26-24-22-20-18-16-14-12-10-6-2)41-37-39(7-3)46-43(41)44-42(45)38-40(8-4)47-44/h7-8,37-38H,3-6,9-36H2,1-2H3. The predicted molar refractivity (Wildman–Crippen MR) is 218 cm³/mol. The third kappa shape index (κ3) is 14.0. The van der Waals surface area contributed by atoms with Crippen molar-refractivity contribution < 1.29 is 0 Å². The van der Waals surface area contributed by atoms with Gasteiger partial charge in [-0.05, 0) is 36.1 Å². The van der Waals surface area contributed by atoms with Crippen molar-refractivity contribution in [2.24, 2.45) is 0 Å². The van der Waals surface area contributed by atoms with Crippen LogP contribution >= 0.6 is 22.7 Å². The van der Waals surface area contributed by atoms with Crippen molar-refractivity contribution in [2.45, 2.75) is 212 Å². The molecule has 2 aromatic rings. The fourth-order valence-corrected chi connectivity index (χ4v) is 10.5. The summed E-state index contributed by atoms with van der Waals surface area (Å²) in [5.41, 5.74) is 3.48. The Morgan fingerprint density at radius 2 is 0.681 bits per heavy atom. The average molecular weight is 679 g/mol. The first kappa shape index (κ1) is 40.3. The highest BCUT2D eigenvalue weighted by atomic mass is 32.1. The molecule has 0 N–H and O–H groups in total. The first-order valence-corrected chi connectivity index (χ1v) is 22.4. The zero-order chi connectivity index (χ0) is 33.4. The Labute approximate surface area is 301 Å². The lowest BCUT2D eigenvalue weighted by atomic mass is 9.71. The van der Waals surface area contributed by atoms with Crippen molar-refractivity contribution in [3.63, 3.8) is 0 Å². The summed E-state index contributed by atoms with van der Waals surface area (Å²) in [6, 6.07) is 5.03. The Morgan fingerprint density at radius 3 is 0.936 bits per heavy atom. The van der Waals surface area contributed by atoms with Crippen LogP contribution < -0.4 is 0 Å². The van der Waals surface area contributed by atoms with Crippen LogP contribution in [0.5, 0.6) is 0 Å². The molecule has 0 saturated carbocycles. The second-order valence-electron chi connectivity index (χ2n) is 15.0. The van der Waals surface area contributed by atoms with E-state index in [4.69, 9.17) is 0 Å². The van der Waals surface area contributed by atoms with Gasteiger partial charge in [-0.3, -0.25) is 0 Å². The molecule has 0 amide bonds. The van der Waals surface area contributed by atoms with Gasteiger partial charge in [0.25, 0.3) is 0 Å². The highest BCUT2D eigenvalue weighted by Crippen LogP contribution is 2.59. The summed E-state index contributed by atoms with van der Waals surface area (Å²) in [4.78, 5) is 5.79. The molecule has 0 aliphatic heterocycles. The fraction of sp³-hybridized carbons (Fsp3) is 0.733. The maximum absolute atomic E-state index is 4.15. The molecule has 0 radical (unpaired) electrons. The van der Waals surface area contributed by atoms with Gasteiger partial charge < -0.3 is 0 Å². The second-order valence-corrected chi connectivity index (χ2v) is 17.1. The summed E-state index contributed by atoms with van der Waals surface area (Å²) < 4.78 is 0. The minimum absolute atomic E-state index is 0.203. The van der Waals surface area contributed by atoms with E-state index in [-0.39, 0.29) is 5.41 Å². The number of hydrogen-bond donors (Lipinski definition) is 0. The van der Waals surface area contributed by atoms with Crippen LogP contribution in [0.15, 0.2) is 25.3 Å². The highest BCUT2D eigenvalue weighted by molar-refractivity contribution is 7.23. The van der Waals surface area contributed by atoms with Gasteiger partial charge in [0.2, 0.25) is 0 Å². The van der Waals surface area contributed by atoms with E-state index in [1.165, 1.54) is 202 Å². The maximum atomic E-state index is 4.15. The predicted octanol–water partition coefficient (Wildman–Crippen LogP) is 17.1.